The molecule has 0 radical (unpaired) electrons. The van der Waals surface area contributed by atoms with Crippen LogP contribution in [0.4, 0.5) is 10.5 Å². The third-order valence-electron chi connectivity index (χ3n) is 4.64. The minimum Gasteiger partial charge on any atom is -0.338 e. The van der Waals surface area contributed by atoms with Crippen LogP contribution in [0.25, 0.3) is 0 Å². The maximum atomic E-state index is 12.8. The first kappa shape index (κ1) is 18.5. The van der Waals surface area contributed by atoms with Crippen molar-refractivity contribution in [1.29, 1.82) is 0 Å². The van der Waals surface area contributed by atoms with Crippen molar-refractivity contribution in [3.8, 4) is 0 Å². The maximum absolute atomic E-state index is 12.8. The summed E-state index contributed by atoms with van der Waals surface area (Å²) in [6, 6.07) is 7.37. The lowest BCUT2D eigenvalue weighted by molar-refractivity contribution is 0.0623. The number of hydrogen-bond donors (Lipinski definition) is 2. The average molecular weight is 353 g/mol. The van der Waals surface area contributed by atoms with E-state index >= 15 is 0 Å². The summed E-state index contributed by atoms with van der Waals surface area (Å²) in [4.78, 5) is 28.4. The van der Waals surface area contributed by atoms with E-state index in [2.05, 4.69) is 5.32 Å². The fourth-order valence-electron chi connectivity index (χ4n) is 3.36. The highest BCUT2D eigenvalue weighted by Crippen LogP contribution is 2.23. The first-order valence-electron chi connectivity index (χ1n) is 8.37. The van der Waals surface area contributed by atoms with Gasteiger partial charge in [0.2, 0.25) is 0 Å². The minimum absolute atomic E-state index is 0. The first-order valence-corrected chi connectivity index (χ1v) is 8.37. The Balaban J connectivity index is 0.00000208. The molecule has 1 aromatic carbocycles. The third kappa shape index (κ3) is 3.82. The molecule has 3 rings (SSSR count). The van der Waals surface area contributed by atoms with Gasteiger partial charge in [-0.2, -0.15) is 0 Å². The van der Waals surface area contributed by atoms with Crippen LogP contribution in [0.2, 0.25) is 0 Å². The van der Waals surface area contributed by atoms with Gasteiger partial charge in [0.1, 0.15) is 0 Å². The average Bonchev–Trinajstić information content (AvgIpc) is 2.61. The molecular formula is C17H25ClN4O2. The number of piperidine rings is 1. The Bertz CT molecular complexity index is 596. The van der Waals surface area contributed by atoms with Crippen molar-refractivity contribution in [3.05, 3.63) is 29.8 Å². The number of nitrogens with two attached hydrogens (primary N) is 1. The molecule has 2 saturated heterocycles. The summed E-state index contributed by atoms with van der Waals surface area (Å²) in [6.45, 7) is 2.65. The molecule has 2 aliphatic heterocycles. The van der Waals surface area contributed by atoms with Crippen LogP contribution in [0.5, 0.6) is 0 Å². The van der Waals surface area contributed by atoms with E-state index in [-0.39, 0.29) is 30.4 Å². The molecule has 3 amide bonds. The van der Waals surface area contributed by atoms with Crippen LogP contribution in [0, 0.1) is 0 Å². The molecule has 2 fully saturated rings. The lowest BCUT2D eigenvalue weighted by Gasteiger charge is -2.35. The van der Waals surface area contributed by atoms with Gasteiger partial charge in [0.05, 0.1) is 0 Å². The summed E-state index contributed by atoms with van der Waals surface area (Å²) in [5, 5.41) is 2.83. The zero-order chi connectivity index (χ0) is 16.2. The summed E-state index contributed by atoms with van der Waals surface area (Å²) in [5.74, 6) is 0.0133. The number of rotatable bonds is 3. The van der Waals surface area contributed by atoms with Gasteiger partial charge in [0.15, 0.2) is 0 Å². The Morgan fingerprint density at radius 1 is 1.25 bits per heavy atom. The fourth-order valence-corrected chi connectivity index (χ4v) is 3.36. The van der Waals surface area contributed by atoms with E-state index in [0.717, 1.165) is 37.9 Å². The number of likely N-dealkylation sites (tertiary alicyclic amines) is 1. The summed E-state index contributed by atoms with van der Waals surface area (Å²) >= 11 is 0. The number of benzene rings is 1. The third-order valence-corrected chi connectivity index (χ3v) is 4.64. The number of carbonyl (C=O) groups excluding carboxylic acids is 2. The second-order valence-electron chi connectivity index (χ2n) is 6.17. The van der Waals surface area contributed by atoms with E-state index in [0.29, 0.717) is 25.2 Å². The second kappa shape index (κ2) is 8.35. The smallest absolute Gasteiger partial charge is 0.321 e. The van der Waals surface area contributed by atoms with Gasteiger partial charge in [0.25, 0.3) is 5.91 Å². The van der Waals surface area contributed by atoms with E-state index in [9.17, 15) is 9.59 Å². The molecule has 1 unspecified atom stereocenters. The molecule has 1 atom stereocenters. The van der Waals surface area contributed by atoms with Crippen LogP contribution in [-0.2, 0) is 0 Å². The van der Waals surface area contributed by atoms with E-state index in [1.54, 1.807) is 4.90 Å². The number of amides is 3. The Labute approximate surface area is 148 Å². The summed E-state index contributed by atoms with van der Waals surface area (Å²) < 4.78 is 0. The van der Waals surface area contributed by atoms with Crippen molar-refractivity contribution in [2.75, 3.05) is 31.1 Å². The minimum atomic E-state index is -0.0985. The van der Waals surface area contributed by atoms with E-state index in [4.69, 9.17) is 5.73 Å². The summed E-state index contributed by atoms with van der Waals surface area (Å²) in [5.41, 5.74) is 7.22. The molecule has 24 heavy (non-hydrogen) atoms. The van der Waals surface area contributed by atoms with Crippen LogP contribution in [0.15, 0.2) is 24.3 Å². The van der Waals surface area contributed by atoms with Crippen molar-refractivity contribution >= 4 is 30.0 Å². The zero-order valence-corrected chi connectivity index (χ0v) is 14.6. The van der Waals surface area contributed by atoms with Gasteiger partial charge in [-0.25, -0.2) is 4.79 Å². The van der Waals surface area contributed by atoms with E-state index in [1.807, 2.05) is 29.2 Å². The topological polar surface area (TPSA) is 78.7 Å². The van der Waals surface area contributed by atoms with Gasteiger partial charge in [-0.05, 0) is 43.9 Å². The maximum Gasteiger partial charge on any atom is 0.321 e. The van der Waals surface area contributed by atoms with Gasteiger partial charge in [-0.1, -0.05) is 6.07 Å². The number of nitrogens with zero attached hydrogens (tertiary/aromatic N) is 2. The van der Waals surface area contributed by atoms with Crippen molar-refractivity contribution in [2.45, 2.75) is 31.7 Å². The molecule has 0 spiro atoms. The van der Waals surface area contributed by atoms with Crippen LogP contribution < -0.4 is 16.0 Å². The monoisotopic (exact) mass is 352 g/mol. The number of urea groups is 1. The lowest BCUT2D eigenvalue weighted by Crippen LogP contribution is -2.48. The highest BCUT2D eigenvalue weighted by atomic mass is 35.5. The second-order valence-corrected chi connectivity index (χ2v) is 6.17. The largest absolute Gasteiger partial charge is 0.338 e. The van der Waals surface area contributed by atoms with E-state index in [1.165, 1.54) is 0 Å². The molecule has 7 heteroatoms. The molecule has 2 heterocycles. The number of halogens is 1. The number of anilines is 1. The van der Waals surface area contributed by atoms with Crippen LogP contribution in [0.1, 0.15) is 36.0 Å². The standard InChI is InChI=1S/C17H24N4O2.ClH/c18-12-15-6-1-2-9-20(15)16(22)13-5-3-7-14(11-13)21-10-4-8-19-17(21)23;/h3,5,7,11,15H,1-2,4,6,8-10,12,18H2,(H,19,23);1H. The quantitative estimate of drug-likeness (QED) is 0.873. The Morgan fingerprint density at radius 3 is 2.83 bits per heavy atom. The van der Waals surface area contributed by atoms with Gasteiger partial charge in [-0.15, -0.1) is 12.4 Å². The molecular weight excluding hydrogens is 328 g/mol. The number of carbonyl (C=O) groups is 2. The highest BCUT2D eigenvalue weighted by Gasteiger charge is 2.27. The fraction of sp³-hybridized carbons (Fsp3) is 0.529. The molecule has 0 aromatic heterocycles. The van der Waals surface area contributed by atoms with Gasteiger partial charge >= 0.3 is 6.03 Å². The van der Waals surface area contributed by atoms with Crippen LogP contribution in [-0.4, -0.2) is 49.1 Å². The van der Waals surface area contributed by atoms with Gasteiger partial charge in [0, 0.05) is 43.5 Å². The molecule has 0 aliphatic carbocycles. The highest BCUT2D eigenvalue weighted by molar-refractivity contribution is 5.98. The molecule has 3 N–H and O–H groups in total. The zero-order valence-electron chi connectivity index (χ0n) is 13.7. The van der Waals surface area contributed by atoms with Gasteiger partial charge in [-0.3, -0.25) is 9.69 Å². The lowest BCUT2D eigenvalue weighted by atomic mass is 10.0. The molecule has 6 nitrogen and oxygen atoms in total. The predicted molar refractivity (Wildman–Crippen MR) is 96.8 cm³/mol. The van der Waals surface area contributed by atoms with E-state index < -0.39 is 0 Å². The van der Waals surface area contributed by atoms with Crippen molar-refractivity contribution in [2.24, 2.45) is 5.73 Å². The molecule has 0 bridgehead atoms. The Kier molecular flexibility index (Phi) is 6.45. The first-order chi connectivity index (χ1) is 11.2. The predicted octanol–water partition coefficient (Wildman–Crippen LogP) is 1.98. The van der Waals surface area contributed by atoms with Crippen LogP contribution >= 0.6 is 12.4 Å². The Morgan fingerprint density at radius 2 is 2.08 bits per heavy atom. The van der Waals surface area contributed by atoms with Crippen LogP contribution in [0.3, 0.4) is 0 Å². The van der Waals surface area contributed by atoms with Gasteiger partial charge < -0.3 is 16.0 Å². The molecule has 0 saturated carbocycles. The SMILES string of the molecule is Cl.NCC1CCCCN1C(=O)c1cccc(N2CCCNC2=O)c1. The summed E-state index contributed by atoms with van der Waals surface area (Å²) in [6.07, 6.45) is 4.03. The normalized spacial score (nSPS) is 21.0. The Hall–Kier alpha value is -1.79. The van der Waals surface area contributed by atoms with Crippen molar-refractivity contribution in [1.82, 2.24) is 10.2 Å². The molecule has 132 valence electrons. The van der Waals surface area contributed by atoms with Crippen molar-refractivity contribution < 1.29 is 9.59 Å². The molecule has 1 aromatic rings. The molecule has 2 aliphatic rings. The van der Waals surface area contributed by atoms with Crippen molar-refractivity contribution in [3.63, 3.8) is 0 Å². The number of hydrogen-bond acceptors (Lipinski definition) is 3. The summed E-state index contributed by atoms with van der Waals surface area (Å²) in [7, 11) is 0. The number of nitrogens with one attached hydrogen (secondary N) is 1.